The zero-order valence-electron chi connectivity index (χ0n) is 15.2. The highest BCUT2D eigenvalue weighted by atomic mass is 32.1. The smallest absolute Gasteiger partial charge is 0.288 e. The van der Waals surface area contributed by atoms with Crippen LogP contribution in [0.2, 0.25) is 0 Å². The van der Waals surface area contributed by atoms with Crippen LogP contribution in [-0.4, -0.2) is 26.2 Å². The molecule has 9 heteroatoms. The van der Waals surface area contributed by atoms with Crippen molar-refractivity contribution in [2.24, 2.45) is 0 Å². The number of aryl methyl sites for hydroxylation is 1. The fourth-order valence-corrected chi connectivity index (χ4v) is 6.21. The summed E-state index contributed by atoms with van der Waals surface area (Å²) in [5, 5.41) is 12.1. The monoisotopic (exact) mass is 446 g/mol. The summed E-state index contributed by atoms with van der Waals surface area (Å²) < 4.78 is 7.57. The van der Waals surface area contributed by atoms with E-state index in [1.165, 1.54) is 15.3 Å². The highest BCUT2D eigenvalue weighted by Crippen LogP contribution is 2.39. The molecule has 4 aromatic heterocycles. The molecule has 0 bridgehead atoms. The quantitative estimate of drug-likeness (QED) is 0.390. The first-order valence-electron chi connectivity index (χ1n) is 8.99. The molecule has 0 saturated carbocycles. The topological polar surface area (TPSA) is 47.1 Å². The van der Waals surface area contributed by atoms with Gasteiger partial charge >= 0.3 is 0 Å². The minimum absolute atomic E-state index is 0.248. The molecule has 1 aliphatic heterocycles. The Kier molecular flexibility index (Phi) is 5.02. The van der Waals surface area contributed by atoms with Gasteiger partial charge in [0.15, 0.2) is 0 Å². The van der Waals surface area contributed by atoms with Crippen LogP contribution in [0, 0.1) is 11.8 Å². The van der Waals surface area contributed by atoms with Gasteiger partial charge in [0.05, 0.1) is 29.8 Å². The lowest BCUT2D eigenvalue weighted by molar-refractivity contribution is 0.156. The van der Waals surface area contributed by atoms with E-state index in [1.807, 2.05) is 28.3 Å². The third-order valence-electron chi connectivity index (χ3n) is 4.84. The number of fused-ring (bicyclic) bond motifs is 1. The molecule has 5 heterocycles. The van der Waals surface area contributed by atoms with E-state index in [-0.39, 0.29) is 6.04 Å². The van der Waals surface area contributed by atoms with Crippen LogP contribution < -0.4 is 0 Å². The summed E-state index contributed by atoms with van der Waals surface area (Å²) in [7, 11) is 0. The maximum Gasteiger partial charge on any atom is 0.288 e. The summed E-state index contributed by atoms with van der Waals surface area (Å²) in [5.41, 5.74) is 2.38. The van der Waals surface area contributed by atoms with Crippen molar-refractivity contribution in [2.45, 2.75) is 32.5 Å². The second-order valence-electron chi connectivity index (χ2n) is 6.72. The Labute approximate surface area is 179 Å². The molecule has 5 nitrogen and oxygen atoms in total. The highest BCUT2D eigenvalue weighted by Gasteiger charge is 2.31. The van der Waals surface area contributed by atoms with Crippen LogP contribution in [0.1, 0.15) is 38.0 Å². The van der Waals surface area contributed by atoms with Gasteiger partial charge < -0.3 is 4.42 Å². The zero-order chi connectivity index (χ0) is 19.1. The summed E-state index contributed by atoms with van der Waals surface area (Å²) in [4.78, 5) is 10.2. The number of thiophene rings is 2. The predicted octanol–water partition coefficient (Wildman–Crippen LogP) is 5.29. The van der Waals surface area contributed by atoms with Crippen molar-refractivity contribution >= 4 is 46.2 Å². The number of nitrogens with zero attached hydrogens (tertiary/aromatic N) is 4. The largest absolute Gasteiger partial charge is 0.414 e. The number of rotatable bonds is 5. The fraction of sp³-hybridized carbons (Fsp3) is 0.316. The standard InChI is InChI=1S/C19H18N4OS4/c1-12-20-13(10-28-12)9-17-21-23(19(25)24-17)11-22-6-4-15-14(5-8-27-15)18(22)16-3-2-7-26-16/h2-3,5,7-8,10,18H,4,6,9,11H2,1H3/t18-/m1/s1. The molecule has 1 aliphatic rings. The summed E-state index contributed by atoms with van der Waals surface area (Å²) in [6.07, 6.45) is 1.63. The summed E-state index contributed by atoms with van der Waals surface area (Å²) in [6, 6.07) is 6.84. The predicted molar refractivity (Wildman–Crippen MR) is 116 cm³/mol. The van der Waals surface area contributed by atoms with Crippen LogP contribution in [0.5, 0.6) is 0 Å². The van der Waals surface area contributed by atoms with Crippen molar-refractivity contribution in [3.8, 4) is 0 Å². The van der Waals surface area contributed by atoms with Gasteiger partial charge in [0.1, 0.15) is 0 Å². The van der Waals surface area contributed by atoms with Gasteiger partial charge in [-0.2, -0.15) is 0 Å². The fourth-order valence-electron chi connectivity index (χ4n) is 3.63. The van der Waals surface area contributed by atoms with E-state index >= 15 is 0 Å². The van der Waals surface area contributed by atoms with Crippen LogP contribution in [0.3, 0.4) is 0 Å². The first-order chi connectivity index (χ1) is 13.7. The summed E-state index contributed by atoms with van der Waals surface area (Å²) in [6.45, 7) is 3.60. The maximum atomic E-state index is 5.76. The Balaban J connectivity index is 1.41. The molecule has 5 rings (SSSR count). The second-order valence-corrected chi connectivity index (χ2v) is 10.1. The van der Waals surface area contributed by atoms with Gasteiger partial charge in [-0.25, -0.2) is 9.67 Å². The SMILES string of the molecule is Cc1nc(Cc2nn(CN3CCc4sccc4[C@@H]3c3cccs3)c(=S)o2)cs1. The van der Waals surface area contributed by atoms with Crippen molar-refractivity contribution in [2.75, 3.05) is 6.54 Å². The molecule has 0 saturated heterocycles. The van der Waals surface area contributed by atoms with E-state index in [1.54, 1.807) is 22.7 Å². The molecule has 0 amide bonds. The number of aromatic nitrogens is 3. The first kappa shape index (κ1) is 18.4. The molecule has 0 spiro atoms. The Bertz CT molecular complexity index is 1140. The summed E-state index contributed by atoms with van der Waals surface area (Å²) >= 11 is 10.8. The van der Waals surface area contributed by atoms with E-state index in [9.17, 15) is 0 Å². The van der Waals surface area contributed by atoms with E-state index in [2.05, 4.69) is 43.9 Å². The molecule has 0 unspecified atom stereocenters. The van der Waals surface area contributed by atoms with Crippen LogP contribution >= 0.6 is 46.2 Å². The van der Waals surface area contributed by atoms with Gasteiger partial charge in [-0.1, -0.05) is 6.07 Å². The van der Waals surface area contributed by atoms with Crippen molar-refractivity contribution in [1.29, 1.82) is 0 Å². The molecule has 1 atom stereocenters. The van der Waals surface area contributed by atoms with E-state index in [0.717, 1.165) is 23.7 Å². The van der Waals surface area contributed by atoms with E-state index in [4.69, 9.17) is 16.6 Å². The Hall–Kier alpha value is -1.65. The number of thiazole rings is 1. The highest BCUT2D eigenvalue weighted by molar-refractivity contribution is 7.71. The molecular weight excluding hydrogens is 429 g/mol. The molecule has 144 valence electrons. The van der Waals surface area contributed by atoms with Crippen molar-refractivity contribution in [3.63, 3.8) is 0 Å². The normalized spacial score (nSPS) is 17.1. The third-order valence-corrected chi connectivity index (χ3v) is 7.88. The van der Waals surface area contributed by atoms with Crippen LogP contribution in [0.25, 0.3) is 0 Å². The lowest BCUT2D eigenvalue weighted by Crippen LogP contribution is -2.36. The lowest BCUT2D eigenvalue weighted by atomic mass is 9.99. The van der Waals surface area contributed by atoms with Crippen LogP contribution in [-0.2, 0) is 19.5 Å². The van der Waals surface area contributed by atoms with Gasteiger partial charge in [0.2, 0.25) is 5.89 Å². The minimum Gasteiger partial charge on any atom is -0.414 e. The Morgan fingerprint density at radius 2 is 2.18 bits per heavy atom. The van der Waals surface area contributed by atoms with Gasteiger partial charge in [0.25, 0.3) is 4.84 Å². The second kappa shape index (κ2) is 7.64. The molecule has 28 heavy (non-hydrogen) atoms. The lowest BCUT2D eigenvalue weighted by Gasteiger charge is -2.34. The zero-order valence-corrected chi connectivity index (χ0v) is 18.5. The van der Waals surface area contributed by atoms with Crippen molar-refractivity contribution < 1.29 is 4.42 Å². The van der Waals surface area contributed by atoms with Crippen molar-refractivity contribution in [3.05, 3.63) is 71.1 Å². The van der Waals surface area contributed by atoms with Crippen LogP contribution in [0.15, 0.2) is 38.8 Å². The van der Waals surface area contributed by atoms with Crippen LogP contribution in [0.4, 0.5) is 0 Å². The molecule has 0 aromatic carbocycles. The molecule has 0 fully saturated rings. The molecule has 0 aliphatic carbocycles. The average Bonchev–Trinajstić information content (AvgIpc) is 3.45. The van der Waals surface area contributed by atoms with E-state index < -0.39 is 0 Å². The van der Waals surface area contributed by atoms with Gasteiger partial charge in [-0.05, 0) is 54.0 Å². The molecule has 0 radical (unpaired) electrons. The van der Waals surface area contributed by atoms with E-state index in [0.29, 0.717) is 23.8 Å². The minimum atomic E-state index is 0.248. The summed E-state index contributed by atoms with van der Waals surface area (Å²) in [5.74, 6) is 0.621. The van der Waals surface area contributed by atoms with Gasteiger partial charge in [0, 0.05) is 21.7 Å². The molecule has 0 N–H and O–H groups in total. The van der Waals surface area contributed by atoms with Gasteiger partial charge in [-0.15, -0.1) is 39.1 Å². The average molecular weight is 447 g/mol. The maximum absolute atomic E-state index is 5.76. The number of hydrogen-bond acceptors (Lipinski definition) is 8. The molecular formula is C19H18N4OS4. The Morgan fingerprint density at radius 3 is 2.96 bits per heavy atom. The molecule has 4 aromatic rings. The van der Waals surface area contributed by atoms with Gasteiger partial charge in [-0.3, -0.25) is 4.90 Å². The third kappa shape index (κ3) is 3.53. The number of hydrogen-bond donors (Lipinski definition) is 0. The van der Waals surface area contributed by atoms with Crippen molar-refractivity contribution in [1.82, 2.24) is 19.7 Å². The Morgan fingerprint density at radius 1 is 1.25 bits per heavy atom. The first-order valence-corrected chi connectivity index (χ1v) is 12.0.